The van der Waals surface area contributed by atoms with Crippen molar-refractivity contribution in [2.75, 3.05) is 13.6 Å². The Morgan fingerprint density at radius 2 is 2.14 bits per heavy atom. The number of nitrogens with zero attached hydrogens (tertiary/aromatic N) is 3. The van der Waals surface area contributed by atoms with Crippen LogP contribution in [0.15, 0.2) is 28.7 Å². The number of likely N-dealkylation sites (N-methyl/N-ethyl adjacent to an activating group) is 1. The smallest absolute Gasteiger partial charge is 0.249 e. The topological polar surface area (TPSA) is 68.2 Å². The van der Waals surface area contributed by atoms with Crippen molar-refractivity contribution in [1.29, 1.82) is 0 Å². The summed E-state index contributed by atoms with van der Waals surface area (Å²) in [6, 6.07) is 7.84. The molecule has 1 fully saturated rings. The van der Waals surface area contributed by atoms with Crippen LogP contribution in [0.25, 0.3) is 11.5 Å². The van der Waals surface area contributed by atoms with E-state index in [0.717, 1.165) is 5.56 Å². The zero-order chi connectivity index (χ0) is 14.8. The van der Waals surface area contributed by atoms with Crippen LogP contribution in [-0.4, -0.2) is 34.7 Å². The zero-order valence-electron chi connectivity index (χ0n) is 12.0. The highest BCUT2D eigenvalue weighted by Gasteiger charge is 2.33. The predicted octanol–water partition coefficient (Wildman–Crippen LogP) is 2.56. The van der Waals surface area contributed by atoms with Gasteiger partial charge in [0.1, 0.15) is 0 Å². The van der Waals surface area contributed by atoms with Gasteiger partial charge in [-0.05, 0) is 37.9 Å². The molecule has 112 valence electrons. The fourth-order valence-electron chi connectivity index (χ4n) is 2.60. The molecule has 0 saturated heterocycles. The maximum absolute atomic E-state index is 6.14. The van der Waals surface area contributed by atoms with Gasteiger partial charge in [-0.2, -0.15) is 0 Å². The number of benzene rings is 1. The van der Waals surface area contributed by atoms with E-state index < -0.39 is 0 Å². The van der Waals surface area contributed by atoms with Crippen LogP contribution in [-0.2, 0) is 6.54 Å². The highest BCUT2D eigenvalue weighted by molar-refractivity contribution is 6.33. The predicted molar refractivity (Wildman–Crippen MR) is 81.8 cm³/mol. The molecule has 0 spiro atoms. The van der Waals surface area contributed by atoms with E-state index in [9.17, 15) is 0 Å². The molecule has 1 aliphatic carbocycles. The average Bonchev–Trinajstić information content (AvgIpc) is 3.19. The summed E-state index contributed by atoms with van der Waals surface area (Å²) in [5.41, 5.74) is 6.62. The van der Waals surface area contributed by atoms with E-state index in [1.807, 2.05) is 24.3 Å². The summed E-state index contributed by atoms with van der Waals surface area (Å²) in [4.78, 5) is 2.20. The van der Waals surface area contributed by atoms with Crippen LogP contribution < -0.4 is 5.73 Å². The second-order valence-corrected chi connectivity index (χ2v) is 5.94. The van der Waals surface area contributed by atoms with E-state index >= 15 is 0 Å². The largest absolute Gasteiger partial charge is 0.419 e. The number of hydrogen-bond acceptors (Lipinski definition) is 5. The Morgan fingerprint density at radius 1 is 1.38 bits per heavy atom. The van der Waals surface area contributed by atoms with Crippen molar-refractivity contribution in [1.82, 2.24) is 15.1 Å². The number of hydrogen-bond donors (Lipinski definition) is 1. The Hall–Kier alpha value is -1.43. The lowest BCUT2D eigenvalue weighted by Gasteiger charge is -2.25. The van der Waals surface area contributed by atoms with Gasteiger partial charge in [0.25, 0.3) is 0 Å². The Morgan fingerprint density at radius 3 is 2.81 bits per heavy atom. The lowest BCUT2D eigenvalue weighted by Crippen LogP contribution is -2.39. The molecule has 2 N–H and O–H groups in total. The number of nitrogens with two attached hydrogens (primary N) is 1. The summed E-state index contributed by atoms with van der Waals surface area (Å²) in [5.74, 6) is 1.76. The quantitative estimate of drug-likeness (QED) is 0.888. The molecule has 0 amide bonds. The first-order chi connectivity index (χ1) is 10.2. The zero-order valence-corrected chi connectivity index (χ0v) is 12.8. The maximum atomic E-state index is 6.14. The van der Waals surface area contributed by atoms with Crippen LogP contribution in [0.1, 0.15) is 18.7 Å². The van der Waals surface area contributed by atoms with Crippen molar-refractivity contribution in [2.24, 2.45) is 11.7 Å². The van der Waals surface area contributed by atoms with Gasteiger partial charge in [-0.1, -0.05) is 23.7 Å². The molecule has 0 radical (unpaired) electrons. The maximum Gasteiger partial charge on any atom is 0.249 e. The van der Waals surface area contributed by atoms with Crippen LogP contribution in [0, 0.1) is 5.92 Å². The summed E-state index contributed by atoms with van der Waals surface area (Å²) in [6.45, 7) is 1.27. The lowest BCUT2D eigenvalue weighted by molar-refractivity contribution is 0.197. The van der Waals surface area contributed by atoms with Crippen LogP contribution in [0.2, 0.25) is 5.02 Å². The lowest BCUT2D eigenvalue weighted by atomic mass is 10.1. The Kier molecular flexibility index (Phi) is 4.24. The molecule has 1 aromatic heterocycles. The molecule has 21 heavy (non-hydrogen) atoms. The molecule has 6 heteroatoms. The first-order valence-corrected chi connectivity index (χ1v) is 7.54. The molecular weight excluding hydrogens is 288 g/mol. The summed E-state index contributed by atoms with van der Waals surface area (Å²) in [6.07, 6.45) is 2.53. The second kappa shape index (κ2) is 6.13. The summed E-state index contributed by atoms with van der Waals surface area (Å²) in [7, 11) is 2.05. The second-order valence-electron chi connectivity index (χ2n) is 5.54. The number of rotatable bonds is 6. The van der Waals surface area contributed by atoms with Crippen LogP contribution in [0.3, 0.4) is 0 Å². The van der Waals surface area contributed by atoms with Gasteiger partial charge in [-0.25, -0.2) is 0 Å². The summed E-state index contributed by atoms with van der Waals surface area (Å²) < 4.78 is 5.73. The van der Waals surface area contributed by atoms with Crippen LogP contribution in [0.4, 0.5) is 0 Å². The minimum absolute atomic E-state index is 0.390. The van der Waals surface area contributed by atoms with Gasteiger partial charge in [-0.15, -0.1) is 10.2 Å². The SMILES string of the molecule is CN(Cc1nnc(-c2ccccc2Cl)o1)C(CN)C1CC1. The average molecular weight is 307 g/mol. The van der Waals surface area contributed by atoms with E-state index in [0.29, 0.717) is 41.9 Å². The third-order valence-electron chi connectivity index (χ3n) is 3.93. The molecule has 1 aromatic carbocycles. The van der Waals surface area contributed by atoms with E-state index in [2.05, 4.69) is 22.1 Å². The number of halogens is 1. The van der Waals surface area contributed by atoms with Crippen molar-refractivity contribution < 1.29 is 4.42 Å². The fraction of sp³-hybridized carbons (Fsp3) is 0.467. The summed E-state index contributed by atoms with van der Waals surface area (Å²) >= 11 is 6.14. The van der Waals surface area contributed by atoms with E-state index in [1.165, 1.54) is 12.8 Å². The molecule has 1 aliphatic rings. The summed E-state index contributed by atoms with van der Waals surface area (Å²) in [5, 5.41) is 8.81. The van der Waals surface area contributed by atoms with Gasteiger partial charge in [0.05, 0.1) is 17.1 Å². The molecule has 0 bridgehead atoms. The highest BCUT2D eigenvalue weighted by Crippen LogP contribution is 2.35. The van der Waals surface area contributed by atoms with Crippen molar-refractivity contribution in [3.05, 3.63) is 35.2 Å². The molecule has 3 rings (SSSR count). The van der Waals surface area contributed by atoms with Crippen LogP contribution >= 0.6 is 11.6 Å². The monoisotopic (exact) mass is 306 g/mol. The molecule has 1 unspecified atom stereocenters. The third-order valence-corrected chi connectivity index (χ3v) is 4.26. The standard InChI is InChI=1S/C15H19ClN4O/c1-20(13(8-17)10-6-7-10)9-14-18-19-15(21-14)11-4-2-3-5-12(11)16/h2-5,10,13H,6-9,17H2,1H3. The molecule has 1 atom stereocenters. The van der Waals surface area contributed by atoms with Crippen molar-refractivity contribution in [2.45, 2.75) is 25.4 Å². The normalized spacial score (nSPS) is 16.4. The minimum Gasteiger partial charge on any atom is -0.419 e. The van der Waals surface area contributed by atoms with Crippen molar-refractivity contribution >= 4 is 11.6 Å². The van der Waals surface area contributed by atoms with E-state index in [-0.39, 0.29) is 0 Å². The first-order valence-electron chi connectivity index (χ1n) is 7.16. The van der Waals surface area contributed by atoms with Crippen LogP contribution in [0.5, 0.6) is 0 Å². The molecule has 2 aromatic rings. The van der Waals surface area contributed by atoms with Crippen molar-refractivity contribution in [3.8, 4) is 11.5 Å². The van der Waals surface area contributed by atoms with Gasteiger partial charge < -0.3 is 10.2 Å². The van der Waals surface area contributed by atoms with Gasteiger partial charge in [0.2, 0.25) is 11.8 Å². The molecule has 0 aliphatic heterocycles. The highest BCUT2D eigenvalue weighted by atomic mass is 35.5. The Labute approximate surface area is 129 Å². The van der Waals surface area contributed by atoms with E-state index in [1.54, 1.807) is 0 Å². The third kappa shape index (κ3) is 3.26. The fourth-order valence-corrected chi connectivity index (χ4v) is 2.82. The van der Waals surface area contributed by atoms with Gasteiger partial charge >= 0.3 is 0 Å². The van der Waals surface area contributed by atoms with Crippen molar-refractivity contribution in [3.63, 3.8) is 0 Å². The van der Waals surface area contributed by atoms with Gasteiger partial charge in [0.15, 0.2) is 0 Å². The number of aromatic nitrogens is 2. The molecular formula is C15H19ClN4O. The van der Waals surface area contributed by atoms with E-state index in [4.69, 9.17) is 21.8 Å². The Balaban J connectivity index is 1.72. The Bertz CT molecular complexity index is 611. The van der Waals surface area contributed by atoms with Gasteiger partial charge in [0, 0.05) is 12.6 Å². The molecule has 5 nitrogen and oxygen atoms in total. The molecule has 1 heterocycles. The molecule has 1 saturated carbocycles. The first kappa shape index (κ1) is 14.5. The minimum atomic E-state index is 0.390. The van der Waals surface area contributed by atoms with Gasteiger partial charge in [-0.3, -0.25) is 4.90 Å².